The molecular weight excluding hydrogens is 538 g/mol. The highest BCUT2D eigenvalue weighted by Gasteiger charge is 2.67. The van der Waals surface area contributed by atoms with E-state index in [1.807, 2.05) is 30.3 Å². The molecule has 4 atom stereocenters. The molecule has 2 aliphatic heterocycles. The predicted octanol–water partition coefficient (Wildman–Crippen LogP) is 5.29. The van der Waals surface area contributed by atoms with Crippen molar-refractivity contribution in [2.24, 2.45) is 5.41 Å². The molecule has 37 heavy (non-hydrogen) atoms. The number of ketones is 1. The van der Waals surface area contributed by atoms with Crippen LogP contribution in [0.25, 0.3) is 6.08 Å². The molecule has 0 amide bonds. The number of nitro benzene ring substituents is 1. The first-order valence-corrected chi connectivity index (χ1v) is 12.2. The van der Waals surface area contributed by atoms with Crippen molar-refractivity contribution in [3.8, 4) is 6.07 Å². The van der Waals surface area contributed by atoms with Crippen LogP contribution in [0.15, 0.2) is 83.3 Å². The van der Waals surface area contributed by atoms with Crippen LogP contribution in [-0.2, 0) is 9.53 Å². The first-order chi connectivity index (χ1) is 17.8. The van der Waals surface area contributed by atoms with E-state index < -0.39 is 40.1 Å². The third kappa shape index (κ3) is 3.72. The number of rotatable bonds is 5. The van der Waals surface area contributed by atoms with Crippen molar-refractivity contribution in [1.82, 2.24) is 0 Å². The number of nitrogens with zero attached hydrogens (tertiary/aromatic N) is 3. The average Bonchev–Trinajstić information content (AvgIpc) is 3.24. The molecular formula is C28H20BrN3O5. The van der Waals surface area contributed by atoms with Crippen LogP contribution in [0.2, 0.25) is 0 Å². The number of methoxy groups -OCH3 is 1. The zero-order valence-electron chi connectivity index (χ0n) is 19.6. The molecule has 3 aromatic carbocycles. The number of para-hydroxylation sites is 1. The van der Waals surface area contributed by atoms with E-state index in [2.05, 4.69) is 22.0 Å². The van der Waals surface area contributed by atoms with Gasteiger partial charge in [0.2, 0.25) is 0 Å². The van der Waals surface area contributed by atoms with Gasteiger partial charge in [0.25, 0.3) is 5.69 Å². The number of esters is 1. The van der Waals surface area contributed by atoms with Crippen LogP contribution in [0.3, 0.4) is 0 Å². The number of hydrogen-bond acceptors (Lipinski definition) is 7. The number of halogens is 1. The van der Waals surface area contributed by atoms with Crippen LogP contribution in [0, 0.1) is 26.9 Å². The van der Waals surface area contributed by atoms with E-state index in [-0.39, 0.29) is 11.3 Å². The molecule has 184 valence electrons. The molecule has 0 N–H and O–H groups in total. The Bertz CT molecular complexity index is 1500. The summed E-state index contributed by atoms with van der Waals surface area (Å²) in [7, 11) is 1.22. The van der Waals surface area contributed by atoms with Gasteiger partial charge in [-0.05, 0) is 29.3 Å². The van der Waals surface area contributed by atoms with Gasteiger partial charge >= 0.3 is 5.97 Å². The molecule has 2 aliphatic rings. The SMILES string of the molecule is COC(=O)[C@]1(C#N)[C@H](c2ccc(Br)cc2)[C@H](C(=O)c2cccc([N+](=O)[O-])c2)N2c3ccccc3C=C[C@@H]21. The Kier molecular flexibility index (Phi) is 6.13. The summed E-state index contributed by atoms with van der Waals surface area (Å²) in [5, 5.41) is 22.1. The van der Waals surface area contributed by atoms with E-state index in [9.17, 15) is 25.0 Å². The highest BCUT2D eigenvalue weighted by Crippen LogP contribution is 2.56. The monoisotopic (exact) mass is 557 g/mol. The van der Waals surface area contributed by atoms with Crippen LogP contribution in [-0.4, -0.2) is 35.9 Å². The van der Waals surface area contributed by atoms with Gasteiger partial charge in [-0.15, -0.1) is 0 Å². The van der Waals surface area contributed by atoms with E-state index >= 15 is 0 Å². The third-order valence-corrected chi connectivity index (χ3v) is 7.62. The zero-order valence-corrected chi connectivity index (χ0v) is 21.2. The maximum atomic E-state index is 14.3. The summed E-state index contributed by atoms with van der Waals surface area (Å²) in [6, 6.07) is 20.4. The van der Waals surface area contributed by atoms with E-state index in [1.165, 1.54) is 31.4 Å². The molecule has 8 nitrogen and oxygen atoms in total. The van der Waals surface area contributed by atoms with Gasteiger partial charge in [0, 0.05) is 33.8 Å². The minimum absolute atomic E-state index is 0.116. The fourth-order valence-corrected chi connectivity index (χ4v) is 5.79. The average molecular weight is 558 g/mol. The van der Waals surface area contributed by atoms with Crippen molar-refractivity contribution in [2.75, 3.05) is 12.0 Å². The summed E-state index contributed by atoms with van der Waals surface area (Å²) < 4.78 is 5.98. The molecule has 0 saturated carbocycles. The van der Waals surface area contributed by atoms with Crippen molar-refractivity contribution in [3.63, 3.8) is 0 Å². The Morgan fingerprint density at radius 2 is 1.84 bits per heavy atom. The minimum atomic E-state index is -1.77. The van der Waals surface area contributed by atoms with Crippen LogP contribution in [0.4, 0.5) is 11.4 Å². The number of hydrogen-bond donors (Lipinski definition) is 0. The van der Waals surface area contributed by atoms with Gasteiger partial charge in [-0.2, -0.15) is 5.26 Å². The molecule has 0 aromatic heterocycles. The van der Waals surface area contributed by atoms with Gasteiger partial charge in [-0.3, -0.25) is 19.7 Å². The first-order valence-electron chi connectivity index (χ1n) is 11.4. The smallest absolute Gasteiger partial charge is 0.329 e. The third-order valence-electron chi connectivity index (χ3n) is 7.09. The van der Waals surface area contributed by atoms with Gasteiger partial charge in [0.1, 0.15) is 6.04 Å². The summed E-state index contributed by atoms with van der Waals surface area (Å²) in [5.41, 5.74) is 0.225. The molecule has 5 rings (SSSR count). The summed E-state index contributed by atoms with van der Waals surface area (Å²) in [4.78, 5) is 40.5. The second kappa shape index (κ2) is 9.30. The molecule has 1 fully saturated rings. The lowest BCUT2D eigenvalue weighted by Crippen LogP contribution is -2.46. The molecule has 2 heterocycles. The minimum Gasteiger partial charge on any atom is -0.468 e. The maximum absolute atomic E-state index is 14.3. The standard InChI is InChI=1S/C28H20BrN3O5/c1-37-27(34)28(16-30)23-14-11-17-5-2-3-8-22(17)31(23)25(24(28)18-9-12-20(29)13-10-18)26(33)19-6-4-7-21(15-19)32(35)36/h2-15,23-25H,1H3/t23-,24-,25-,28+/m1/s1. The van der Waals surface area contributed by atoms with Crippen LogP contribution in [0.1, 0.15) is 27.4 Å². The fourth-order valence-electron chi connectivity index (χ4n) is 5.52. The summed E-state index contributed by atoms with van der Waals surface area (Å²) >= 11 is 3.42. The number of fused-ring (bicyclic) bond motifs is 3. The quantitative estimate of drug-likeness (QED) is 0.181. The maximum Gasteiger partial charge on any atom is 0.329 e. The predicted molar refractivity (Wildman–Crippen MR) is 140 cm³/mol. The molecule has 0 radical (unpaired) electrons. The van der Waals surface area contributed by atoms with Gasteiger partial charge in [-0.1, -0.05) is 70.5 Å². The topological polar surface area (TPSA) is 114 Å². The lowest BCUT2D eigenvalue weighted by Gasteiger charge is -2.36. The number of nitriles is 1. The highest BCUT2D eigenvalue weighted by molar-refractivity contribution is 9.10. The molecule has 3 aromatic rings. The summed E-state index contributed by atoms with van der Waals surface area (Å²) in [5.74, 6) is -2.13. The Balaban J connectivity index is 1.81. The molecule has 0 aliphatic carbocycles. The molecule has 0 bridgehead atoms. The normalized spacial score (nSPS) is 23.5. The number of carbonyl (C=O) groups is 2. The molecule has 1 saturated heterocycles. The second-order valence-corrected chi connectivity index (χ2v) is 9.80. The number of nitro groups is 1. The number of carbonyl (C=O) groups excluding carboxylic acids is 2. The van der Waals surface area contributed by atoms with Gasteiger partial charge < -0.3 is 9.64 Å². The fraction of sp³-hybridized carbons (Fsp3) is 0.179. The largest absolute Gasteiger partial charge is 0.468 e. The Morgan fingerprint density at radius 3 is 2.51 bits per heavy atom. The van der Waals surface area contributed by atoms with Crippen LogP contribution >= 0.6 is 15.9 Å². The van der Waals surface area contributed by atoms with Gasteiger partial charge in [-0.25, -0.2) is 0 Å². The van der Waals surface area contributed by atoms with Crippen molar-refractivity contribution in [1.29, 1.82) is 5.26 Å². The van der Waals surface area contributed by atoms with Crippen molar-refractivity contribution < 1.29 is 19.2 Å². The summed E-state index contributed by atoms with van der Waals surface area (Å²) in [6.45, 7) is 0. The van der Waals surface area contributed by atoms with Crippen LogP contribution in [0.5, 0.6) is 0 Å². The lowest BCUT2D eigenvalue weighted by molar-refractivity contribution is -0.384. The number of non-ortho nitro benzene ring substituents is 1. The van der Waals surface area contributed by atoms with Crippen molar-refractivity contribution >= 4 is 45.1 Å². The van der Waals surface area contributed by atoms with Gasteiger partial charge in [0.15, 0.2) is 11.2 Å². The van der Waals surface area contributed by atoms with Gasteiger partial charge in [0.05, 0.1) is 24.1 Å². The number of ether oxygens (including phenoxy) is 1. The number of benzene rings is 3. The molecule has 9 heteroatoms. The van der Waals surface area contributed by atoms with E-state index in [1.54, 1.807) is 35.2 Å². The number of Topliss-reactive ketones (excluding diaryl/α,β-unsaturated/α-hetero) is 1. The first kappa shape index (κ1) is 24.4. The molecule has 0 spiro atoms. The van der Waals surface area contributed by atoms with E-state index in [0.717, 1.165) is 10.0 Å². The molecule has 0 unspecified atom stereocenters. The van der Waals surface area contributed by atoms with Crippen molar-refractivity contribution in [2.45, 2.75) is 18.0 Å². The Hall–Kier alpha value is -4.29. The van der Waals surface area contributed by atoms with Crippen LogP contribution < -0.4 is 4.90 Å². The zero-order chi connectivity index (χ0) is 26.3. The lowest BCUT2D eigenvalue weighted by atomic mass is 9.68. The Labute approximate surface area is 221 Å². The van der Waals surface area contributed by atoms with E-state index in [4.69, 9.17) is 4.74 Å². The second-order valence-electron chi connectivity index (χ2n) is 8.89. The number of anilines is 1. The van der Waals surface area contributed by atoms with E-state index in [0.29, 0.717) is 11.3 Å². The Morgan fingerprint density at radius 1 is 1.11 bits per heavy atom. The van der Waals surface area contributed by atoms with Crippen molar-refractivity contribution in [3.05, 3.63) is 110 Å². The highest BCUT2D eigenvalue weighted by atomic mass is 79.9. The summed E-state index contributed by atoms with van der Waals surface area (Å²) in [6.07, 6.45) is 3.60.